The van der Waals surface area contributed by atoms with Crippen molar-refractivity contribution in [3.8, 4) is 0 Å². The maximum absolute atomic E-state index is 12.9. The van der Waals surface area contributed by atoms with E-state index in [2.05, 4.69) is 16.0 Å². The lowest BCUT2D eigenvalue weighted by atomic mass is 10.0. The second-order valence-corrected chi connectivity index (χ2v) is 8.14. The van der Waals surface area contributed by atoms with Crippen LogP contribution in [0.3, 0.4) is 0 Å². The lowest BCUT2D eigenvalue weighted by Crippen LogP contribution is -2.54. The first-order valence-corrected chi connectivity index (χ1v) is 11.2. The van der Waals surface area contributed by atoms with Crippen molar-refractivity contribution >= 4 is 28.5 Å². The molecule has 0 aromatic heterocycles. The Kier molecular flexibility index (Phi) is 8.73. The van der Waals surface area contributed by atoms with Gasteiger partial charge in [-0.3, -0.25) is 14.4 Å². The van der Waals surface area contributed by atoms with E-state index in [0.29, 0.717) is 5.56 Å². The van der Waals surface area contributed by atoms with E-state index in [1.807, 2.05) is 42.5 Å². The highest BCUT2D eigenvalue weighted by molar-refractivity contribution is 5.98. The molecule has 0 radical (unpaired) electrons. The highest BCUT2D eigenvalue weighted by Gasteiger charge is 2.25. The molecule has 0 aliphatic rings. The number of nitrogens with one attached hydrogen (secondary N) is 3. The topological polar surface area (TPSA) is 134 Å². The van der Waals surface area contributed by atoms with Gasteiger partial charge in [-0.2, -0.15) is 0 Å². The van der Waals surface area contributed by atoms with E-state index in [9.17, 15) is 19.5 Å². The van der Waals surface area contributed by atoms with E-state index in [4.69, 9.17) is 5.73 Å². The molecule has 0 saturated heterocycles. The zero-order valence-corrected chi connectivity index (χ0v) is 19.0. The van der Waals surface area contributed by atoms with Gasteiger partial charge in [0.05, 0.1) is 6.10 Å². The van der Waals surface area contributed by atoms with Crippen molar-refractivity contribution < 1.29 is 19.5 Å². The molecule has 3 amide bonds. The maximum atomic E-state index is 12.9. The van der Waals surface area contributed by atoms with Crippen LogP contribution in [0.25, 0.3) is 10.8 Å². The summed E-state index contributed by atoms with van der Waals surface area (Å²) >= 11 is 0. The van der Waals surface area contributed by atoms with Gasteiger partial charge in [0, 0.05) is 25.1 Å². The Labute approximate surface area is 198 Å². The van der Waals surface area contributed by atoms with Crippen LogP contribution in [0.4, 0.5) is 0 Å². The van der Waals surface area contributed by atoms with Gasteiger partial charge >= 0.3 is 0 Å². The highest BCUT2D eigenvalue weighted by Crippen LogP contribution is 2.17. The lowest BCUT2D eigenvalue weighted by Gasteiger charge is -2.22. The van der Waals surface area contributed by atoms with E-state index in [1.54, 1.807) is 37.3 Å². The van der Waals surface area contributed by atoms with Gasteiger partial charge in [0.25, 0.3) is 5.91 Å². The largest absolute Gasteiger partial charge is 0.390 e. The van der Waals surface area contributed by atoms with Crippen LogP contribution in [0.2, 0.25) is 0 Å². The summed E-state index contributed by atoms with van der Waals surface area (Å²) in [5.41, 5.74) is 6.71. The molecular formula is C26H30N4O4. The SMILES string of the molecule is CC(NC(=O)c1ccccc1)C(=O)NC(Cc1ccc2ccccc2c1)C(=O)NCC(O)CN. The fourth-order valence-corrected chi connectivity index (χ4v) is 3.47. The summed E-state index contributed by atoms with van der Waals surface area (Å²) in [6.07, 6.45) is -0.648. The number of aliphatic hydroxyl groups excluding tert-OH is 1. The second-order valence-electron chi connectivity index (χ2n) is 8.14. The smallest absolute Gasteiger partial charge is 0.251 e. The van der Waals surface area contributed by atoms with Gasteiger partial charge in [0.15, 0.2) is 0 Å². The summed E-state index contributed by atoms with van der Waals surface area (Å²) in [6.45, 7) is 1.53. The summed E-state index contributed by atoms with van der Waals surface area (Å²) in [5.74, 6) is -1.33. The molecule has 3 rings (SSSR count). The molecule has 0 aliphatic heterocycles. The average molecular weight is 463 g/mol. The zero-order valence-electron chi connectivity index (χ0n) is 19.0. The Morgan fingerprint density at radius 1 is 0.882 bits per heavy atom. The van der Waals surface area contributed by atoms with Crippen molar-refractivity contribution in [2.24, 2.45) is 5.73 Å². The van der Waals surface area contributed by atoms with Crippen molar-refractivity contribution in [1.82, 2.24) is 16.0 Å². The number of amides is 3. The molecule has 0 saturated carbocycles. The summed E-state index contributed by atoms with van der Waals surface area (Å²) < 4.78 is 0. The van der Waals surface area contributed by atoms with E-state index >= 15 is 0 Å². The van der Waals surface area contributed by atoms with Crippen LogP contribution in [-0.4, -0.2) is 54.1 Å². The van der Waals surface area contributed by atoms with Gasteiger partial charge in [0.1, 0.15) is 12.1 Å². The molecule has 3 unspecified atom stereocenters. The Bertz CT molecular complexity index is 1140. The van der Waals surface area contributed by atoms with Gasteiger partial charge in [0.2, 0.25) is 11.8 Å². The molecular weight excluding hydrogens is 432 g/mol. The molecule has 3 aromatic rings. The van der Waals surface area contributed by atoms with Gasteiger partial charge in [-0.1, -0.05) is 60.7 Å². The van der Waals surface area contributed by atoms with Crippen LogP contribution in [0.5, 0.6) is 0 Å². The van der Waals surface area contributed by atoms with Crippen molar-refractivity contribution in [2.75, 3.05) is 13.1 Å². The molecule has 0 bridgehead atoms. The van der Waals surface area contributed by atoms with Crippen LogP contribution in [0.15, 0.2) is 72.8 Å². The molecule has 8 nitrogen and oxygen atoms in total. The number of carbonyl (C=O) groups is 3. The van der Waals surface area contributed by atoms with Crippen LogP contribution < -0.4 is 21.7 Å². The number of benzene rings is 3. The molecule has 3 aromatic carbocycles. The lowest BCUT2D eigenvalue weighted by molar-refractivity contribution is -0.129. The summed E-state index contributed by atoms with van der Waals surface area (Å²) in [7, 11) is 0. The second kappa shape index (κ2) is 11.9. The highest BCUT2D eigenvalue weighted by atomic mass is 16.3. The third-order valence-electron chi connectivity index (χ3n) is 5.45. The van der Waals surface area contributed by atoms with Crippen molar-refractivity contribution in [1.29, 1.82) is 0 Å². The van der Waals surface area contributed by atoms with Crippen molar-refractivity contribution in [2.45, 2.75) is 31.5 Å². The fourth-order valence-electron chi connectivity index (χ4n) is 3.47. The summed E-state index contributed by atoms with van der Waals surface area (Å²) in [5, 5.41) is 19.8. The zero-order chi connectivity index (χ0) is 24.5. The van der Waals surface area contributed by atoms with Crippen LogP contribution in [0.1, 0.15) is 22.8 Å². The fraction of sp³-hybridized carbons (Fsp3) is 0.269. The quantitative estimate of drug-likeness (QED) is 0.308. The van der Waals surface area contributed by atoms with Gasteiger partial charge in [-0.05, 0) is 35.4 Å². The normalized spacial score (nSPS) is 13.5. The van der Waals surface area contributed by atoms with Gasteiger partial charge < -0.3 is 26.8 Å². The van der Waals surface area contributed by atoms with E-state index in [0.717, 1.165) is 16.3 Å². The first-order chi connectivity index (χ1) is 16.4. The standard InChI is InChI=1S/C26H30N4O4/c1-17(29-25(33)20-8-3-2-4-9-20)24(32)30-23(26(34)28-16-22(31)15-27)14-18-11-12-19-7-5-6-10-21(19)13-18/h2-13,17,22-23,31H,14-16,27H2,1H3,(H,28,34)(H,29,33)(H,30,32). The Hall–Kier alpha value is -3.75. The molecule has 3 atom stereocenters. The van der Waals surface area contributed by atoms with E-state index < -0.39 is 30.0 Å². The minimum absolute atomic E-state index is 0.00450. The summed E-state index contributed by atoms with van der Waals surface area (Å²) in [4.78, 5) is 38.1. The van der Waals surface area contributed by atoms with Crippen LogP contribution in [-0.2, 0) is 16.0 Å². The van der Waals surface area contributed by atoms with Crippen molar-refractivity contribution in [3.63, 3.8) is 0 Å². The molecule has 8 heteroatoms. The molecule has 6 N–H and O–H groups in total. The minimum Gasteiger partial charge on any atom is -0.390 e. The maximum Gasteiger partial charge on any atom is 0.251 e. The predicted octanol–water partition coefficient (Wildman–Crippen LogP) is 1.12. The van der Waals surface area contributed by atoms with Crippen LogP contribution >= 0.6 is 0 Å². The third kappa shape index (κ3) is 6.87. The third-order valence-corrected chi connectivity index (χ3v) is 5.45. The predicted molar refractivity (Wildman–Crippen MR) is 131 cm³/mol. The van der Waals surface area contributed by atoms with Crippen molar-refractivity contribution in [3.05, 3.63) is 83.9 Å². The number of aliphatic hydroxyl groups is 1. The Morgan fingerprint density at radius 2 is 1.56 bits per heavy atom. The first-order valence-electron chi connectivity index (χ1n) is 11.2. The molecule has 0 aliphatic carbocycles. The number of hydrogen-bond donors (Lipinski definition) is 5. The van der Waals surface area contributed by atoms with Crippen LogP contribution in [0, 0.1) is 0 Å². The Balaban J connectivity index is 1.71. The van der Waals surface area contributed by atoms with Gasteiger partial charge in [-0.15, -0.1) is 0 Å². The van der Waals surface area contributed by atoms with E-state index in [-0.39, 0.29) is 25.4 Å². The first kappa shape index (κ1) is 24.9. The molecule has 0 heterocycles. The van der Waals surface area contributed by atoms with Gasteiger partial charge in [-0.25, -0.2) is 0 Å². The number of hydrogen-bond acceptors (Lipinski definition) is 5. The number of nitrogens with two attached hydrogens (primary N) is 1. The average Bonchev–Trinajstić information content (AvgIpc) is 2.86. The molecule has 0 spiro atoms. The monoisotopic (exact) mass is 462 g/mol. The molecule has 178 valence electrons. The molecule has 34 heavy (non-hydrogen) atoms. The molecule has 0 fully saturated rings. The Morgan fingerprint density at radius 3 is 2.26 bits per heavy atom. The number of carbonyl (C=O) groups excluding carboxylic acids is 3. The van der Waals surface area contributed by atoms with E-state index in [1.165, 1.54) is 0 Å². The minimum atomic E-state index is -0.908. The summed E-state index contributed by atoms with van der Waals surface area (Å²) in [6, 6.07) is 20.5. The number of fused-ring (bicyclic) bond motifs is 1. The number of rotatable bonds is 10.